The van der Waals surface area contributed by atoms with Crippen LogP contribution in [0, 0.1) is 21.4 Å². The van der Waals surface area contributed by atoms with Gasteiger partial charge in [-0.3, -0.25) is 10.1 Å². The Morgan fingerprint density at radius 2 is 2.11 bits per heavy atom. The minimum atomic E-state index is -0.469. The summed E-state index contributed by atoms with van der Waals surface area (Å²) < 4.78 is 5.62. The summed E-state index contributed by atoms with van der Waals surface area (Å²) in [5.74, 6) is 1.24. The summed E-state index contributed by atoms with van der Waals surface area (Å²) in [6, 6.07) is 4.18. The number of nitro groups is 1. The van der Waals surface area contributed by atoms with Crippen molar-refractivity contribution in [2.75, 3.05) is 12.4 Å². The van der Waals surface area contributed by atoms with Crippen LogP contribution in [0.15, 0.2) is 18.2 Å². The highest BCUT2D eigenvalue weighted by atomic mass is 35.5. The molecule has 0 fully saturated rings. The van der Waals surface area contributed by atoms with Gasteiger partial charge in [0.15, 0.2) is 0 Å². The SMILES string of the molecule is CC(C)(C)C(CS)COc1cc([N+](=O)[O-])ccc1Cl. The first kappa shape index (κ1) is 16.1. The van der Waals surface area contributed by atoms with Crippen molar-refractivity contribution in [1.29, 1.82) is 0 Å². The van der Waals surface area contributed by atoms with Crippen molar-refractivity contribution in [2.45, 2.75) is 20.8 Å². The van der Waals surface area contributed by atoms with E-state index in [1.807, 2.05) is 0 Å². The molecule has 0 saturated carbocycles. The summed E-state index contributed by atoms with van der Waals surface area (Å²) in [6.07, 6.45) is 0. The normalized spacial score (nSPS) is 13.1. The summed E-state index contributed by atoms with van der Waals surface area (Å²) in [5.41, 5.74) is 0.0205. The first-order valence-electron chi connectivity index (χ1n) is 5.93. The Hall–Kier alpha value is -0.940. The monoisotopic (exact) mass is 303 g/mol. The molecule has 1 rings (SSSR count). The van der Waals surface area contributed by atoms with E-state index in [1.54, 1.807) is 0 Å². The summed E-state index contributed by atoms with van der Waals surface area (Å²) in [5, 5.41) is 11.1. The maximum Gasteiger partial charge on any atom is 0.273 e. The van der Waals surface area contributed by atoms with Crippen LogP contribution in [0.1, 0.15) is 20.8 Å². The van der Waals surface area contributed by atoms with Crippen molar-refractivity contribution in [2.24, 2.45) is 11.3 Å². The molecule has 0 saturated heterocycles. The topological polar surface area (TPSA) is 52.4 Å². The molecule has 1 aromatic rings. The fraction of sp³-hybridized carbons (Fsp3) is 0.538. The average Bonchev–Trinajstić information content (AvgIpc) is 2.30. The van der Waals surface area contributed by atoms with E-state index in [4.69, 9.17) is 16.3 Å². The van der Waals surface area contributed by atoms with Crippen LogP contribution in [0.25, 0.3) is 0 Å². The first-order valence-corrected chi connectivity index (χ1v) is 6.94. The zero-order chi connectivity index (χ0) is 14.6. The highest BCUT2D eigenvalue weighted by molar-refractivity contribution is 7.80. The van der Waals surface area contributed by atoms with Crippen molar-refractivity contribution < 1.29 is 9.66 Å². The summed E-state index contributed by atoms with van der Waals surface area (Å²) in [4.78, 5) is 10.2. The minimum Gasteiger partial charge on any atom is -0.491 e. The zero-order valence-corrected chi connectivity index (χ0v) is 12.9. The molecule has 6 heteroatoms. The van der Waals surface area contributed by atoms with Crippen LogP contribution in [0.2, 0.25) is 5.02 Å². The van der Waals surface area contributed by atoms with Gasteiger partial charge in [-0.15, -0.1) is 0 Å². The number of thiol groups is 1. The van der Waals surface area contributed by atoms with Gasteiger partial charge in [0.05, 0.1) is 22.6 Å². The van der Waals surface area contributed by atoms with E-state index < -0.39 is 4.92 Å². The van der Waals surface area contributed by atoms with Crippen molar-refractivity contribution in [3.05, 3.63) is 33.3 Å². The van der Waals surface area contributed by atoms with Crippen LogP contribution in [0.3, 0.4) is 0 Å². The first-order chi connectivity index (χ1) is 8.75. The van der Waals surface area contributed by atoms with E-state index in [9.17, 15) is 10.1 Å². The van der Waals surface area contributed by atoms with Crippen molar-refractivity contribution in [3.8, 4) is 5.75 Å². The maximum atomic E-state index is 10.7. The Bertz CT molecular complexity index is 460. The molecular formula is C13H18ClNO3S. The van der Waals surface area contributed by atoms with E-state index in [-0.39, 0.29) is 17.0 Å². The second-order valence-electron chi connectivity index (χ2n) is 5.43. The Morgan fingerprint density at radius 3 is 2.58 bits per heavy atom. The molecule has 0 spiro atoms. The maximum absolute atomic E-state index is 10.7. The molecular weight excluding hydrogens is 286 g/mol. The fourth-order valence-electron chi connectivity index (χ4n) is 1.48. The average molecular weight is 304 g/mol. The third kappa shape index (κ3) is 4.58. The minimum absolute atomic E-state index is 0.0300. The van der Waals surface area contributed by atoms with E-state index in [2.05, 4.69) is 33.4 Å². The summed E-state index contributed by atoms with van der Waals surface area (Å²) >= 11 is 10.3. The Kier molecular flexibility index (Phi) is 5.50. The van der Waals surface area contributed by atoms with E-state index in [0.717, 1.165) is 0 Å². The van der Waals surface area contributed by atoms with Gasteiger partial charge in [0.1, 0.15) is 5.75 Å². The molecule has 1 aromatic carbocycles. The number of nitro benzene ring substituents is 1. The standard InChI is InChI=1S/C13H18ClNO3S/c1-13(2,3)9(8-19)7-18-12-6-10(15(16)17)4-5-11(12)14/h4-6,9,19H,7-8H2,1-3H3. The van der Waals surface area contributed by atoms with Crippen LogP contribution in [-0.4, -0.2) is 17.3 Å². The van der Waals surface area contributed by atoms with Gasteiger partial charge in [-0.25, -0.2) is 0 Å². The molecule has 0 heterocycles. The molecule has 1 unspecified atom stereocenters. The Morgan fingerprint density at radius 1 is 1.47 bits per heavy atom. The molecule has 0 radical (unpaired) electrons. The number of rotatable bonds is 5. The lowest BCUT2D eigenvalue weighted by atomic mass is 9.82. The number of nitrogens with zero attached hydrogens (tertiary/aromatic N) is 1. The van der Waals surface area contributed by atoms with E-state index in [0.29, 0.717) is 23.1 Å². The van der Waals surface area contributed by atoms with Gasteiger partial charge >= 0.3 is 0 Å². The fourth-order valence-corrected chi connectivity index (χ4v) is 2.31. The third-order valence-electron chi connectivity index (χ3n) is 3.01. The van der Waals surface area contributed by atoms with Crippen LogP contribution in [0.5, 0.6) is 5.75 Å². The van der Waals surface area contributed by atoms with Gasteiger partial charge in [0.2, 0.25) is 0 Å². The molecule has 0 aliphatic heterocycles. The molecule has 0 N–H and O–H groups in total. The van der Waals surface area contributed by atoms with Gasteiger partial charge in [0.25, 0.3) is 5.69 Å². The molecule has 0 amide bonds. The molecule has 1 atom stereocenters. The van der Waals surface area contributed by atoms with Crippen LogP contribution < -0.4 is 4.74 Å². The zero-order valence-electron chi connectivity index (χ0n) is 11.2. The van der Waals surface area contributed by atoms with Crippen LogP contribution in [-0.2, 0) is 0 Å². The van der Waals surface area contributed by atoms with E-state index in [1.165, 1.54) is 18.2 Å². The summed E-state index contributed by atoms with van der Waals surface area (Å²) in [7, 11) is 0. The van der Waals surface area contributed by atoms with Gasteiger partial charge in [-0.1, -0.05) is 32.4 Å². The van der Waals surface area contributed by atoms with Crippen molar-refractivity contribution in [1.82, 2.24) is 0 Å². The second kappa shape index (κ2) is 6.48. The lowest BCUT2D eigenvalue weighted by Gasteiger charge is -2.29. The molecule has 0 aromatic heterocycles. The predicted octanol–water partition coefficient (Wildman–Crippen LogP) is 4.22. The summed E-state index contributed by atoms with van der Waals surface area (Å²) in [6.45, 7) is 6.73. The molecule has 19 heavy (non-hydrogen) atoms. The predicted molar refractivity (Wildman–Crippen MR) is 80.4 cm³/mol. The number of non-ortho nitro benzene ring substituents is 1. The second-order valence-corrected chi connectivity index (χ2v) is 6.20. The van der Waals surface area contributed by atoms with Crippen molar-refractivity contribution in [3.63, 3.8) is 0 Å². The molecule has 0 aliphatic carbocycles. The largest absolute Gasteiger partial charge is 0.491 e. The number of halogens is 1. The Balaban J connectivity index is 2.82. The third-order valence-corrected chi connectivity index (χ3v) is 3.76. The number of benzene rings is 1. The van der Waals surface area contributed by atoms with E-state index >= 15 is 0 Å². The van der Waals surface area contributed by atoms with Gasteiger partial charge in [0, 0.05) is 12.0 Å². The number of hydrogen-bond donors (Lipinski definition) is 1. The molecule has 4 nitrogen and oxygen atoms in total. The molecule has 0 bridgehead atoms. The van der Waals surface area contributed by atoms with Gasteiger partial charge in [-0.2, -0.15) is 12.6 Å². The Labute approximate surface area is 123 Å². The van der Waals surface area contributed by atoms with Gasteiger partial charge in [-0.05, 0) is 17.2 Å². The number of ether oxygens (including phenoxy) is 1. The highest BCUT2D eigenvalue weighted by Crippen LogP contribution is 2.32. The van der Waals surface area contributed by atoms with Crippen LogP contribution in [0.4, 0.5) is 5.69 Å². The molecule has 0 aliphatic rings. The van der Waals surface area contributed by atoms with Gasteiger partial charge < -0.3 is 4.74 Å². The van der Waals surface area contributed by atoms with Crippen LogP contribution >= 0.6 is 24.2 Å². The smallest absolute Gasteiger partial charge is 0.273 e. The lowest BCUT2D eigenvalue weighted by molar-refractivity contribution is -0.384. The highest BCUT2D eigenvalue weighted by Gasteiger charge is 2.24. The molecule has 106 valence electrons. The quantitative estimate of drug-likeness (QED) is 0.503. The van der Waals surface area contributed by atoms with Crippen molar-refractivity contribution >= 4 is 29.9 Å². The lowest BCUT2D eigenvalue weighted by Crippen LogP contribution is -2.28. The number of hydrogen-bond acceptors (Lipinski definition) is 4.